The van der Waals surface area contributed by atoms with Gasteiger partial charge in [0, 0.05) is 5.39 Å². The van der Waals surface area contributed by atoms with E-state index in [2.05, 4.69) is 15.9 Å². The molecule has 0 spiro atoms. The minimum Gasteiger partial charge on any atom is -0.468 e. The van der Waals surface area contributed by atoms with Crippen molar-refractivity contribution in [3.8, 4) is 5.95 Å². The summed E-state index contributed by atoms with van der Waals surface area (Å²) >= 11 is 3.39. The lowest BCUT2D eigenvalue weighted by atomic mass is 10.3. The number of methoxy groups -OCH3 is 1. The fourth-order valence-corrected chi connectivity index (χ4v) is 1.69. The van der Waals surface area contributed by atoms with Crippen molar-refractivity contribution in [2.24, 2.45) is 0 Å². The van der Waals surface area contributed by atoms with Gasteiger partial charge in [-0.15, -0.1) is 0 Å². The number of para-hydroxylation sites is 1. The van der Waals surface area contributed by atoms with Crippen LogP contribution in [-0.4, -0.2) is 7.11 Å². The number of benzene rings is 1. The molecule has 0 aliphatic carbocycles. The zero-order valence-corrected chi connectivity index (χ0v) is 8.09. The van der Waals surface area contributed by atoms with Gasteiger partial charge in [-0.3, -0.25) is 0 Å². The van der Waals surface area contributed by atoms with Gasteiger partial charge in [0.15, 0.2) is 0 Å². The lowest BCUT2D eigenvalue weighted by Gasteiger charge is -1.90. The quantitative estimate of drug-likeness (QED) is 0.746. The average molecular weight is 227 g/mol. The molecule has 3 heteroatoms. The third kappa shape index (κ3) is 1.01. The summed E-state index contributed by atoms with van der Waals surface area (Å²) < 4.78 is 11.3. The van der Waals surface area contributed by atoms with Gasteiger partial charge in [-0.25, -0.2) is 0 Å². The first-order valence-corrected chi connectivity index (χ1v) is 4.33. The fourth-order valence-electron chi connectivity index (χ4n) is 1.12. The largest absolute Gasteiger partial charge is 0.468 e. The Kier molecular flexibility index (Phi) is 1.81. The minimum atomic E-state index is 0.524. The molecule has 2 rings (SSSR count). The van der Waals surface area contributed by atoms with Gasteiger partial charge in [-0.1, -0.05) is 12.1 Å². The lowest BCUT2D eigenvalue weighted by molar-refractivity contribution is 0.313. The lowest BCUT2D eigenvalue weighted by Crippen LogP contribution is -1.77. The normalized spacial score (nSPS) is 10.5. The van der Waals surface area contributed by atoms with Crippen molar-refractivity contribution < 1.29 is 9.15 Å². The predicted octanol–water partition coefficient (Wildman–Crippen LogP) is 3.20. The number of ether oxygens (including phenoxy) is 1. The minimum absolute atomic E-state index is 0.524. The van der Waals surface area contributed by atoms with E-state index in [-0.39, 0.29) is 0 Å². The molecule has 62 valence electrons. The number of hydrogen-bond acceptors (Lipinski definition) is 2. The predicted molar refractivity (Wildman–Crippen MR) is 50.5 cm³/mol. The number of rotatable bonds is 1. The van der Waals surface area contributed by atoms with Gasteiger partial charge in [0.1, 0.15) is 10.1 Å². The van der Waals surface area contributed by atoms with Crippen LogP contribution in [0.2, 0.25) is 0 Å². The molecule has 0 bridgehead atoms. The molecule has 12 heavy (non-hydrogen) atoms. The van der Waals surface area contributed by atoms with E-state index < -0.39 is 0 Å². The van der Waals surface area contributed by atoms with Crippen LogP contribution in [0.15, 0.2) is 33.2 Å². The molecule has 0 fully saturated rings. The third-order valence-electron chi connectivity index (χ3n) is 1.69. The van der Waals surface area contributed by atoms with Crippen molar-refractivity contribution in [1.82, 2.24) is 0 Å². The van der Waals surface area contributed by atoms with Crippen molar-refractivity contribution in [1.29, 1.82) is 0 Å². The van der Waals surface area contributed by atoms with Crippen molar-refractivity contribution >= 4 is 26.9 Å². The first-order chi connectivity index (χ1) is 5.83. The maximum absolute atomic E-state index is 5.38. The molecular weight excluding hydrogens is 220 g/mol. The monoisotopic (exact) mass is 226 g/mol. The van der Waals surface area contributed by atoms with E-state index in [1.807, 2.05) is 24.3 Å². The smallest absolute Gasteiger partial charge is 0.300 e. The molecule has 0 amide bonds. The van der Waals surface area contributed by atoms with Crippen LogP contribution >= 0.6 is 15.9 Å². The van der Waals surface area contributed by atoms with Crippen molar-refractivity contribution in [2.45, 2.75) is 0 Å². The Hall–Kier alpha value is -0.960. The summed E-state index contributed by atoms with van der Waals surface area (Å²) in [6.07, 6.45) is 0. The molecule has 2 aromatic rings. The maximum Gasteiger partial charge on any atom is 0.300 e. The van der Waals surface area contributed by atoms with Crippen LogP contribution in [-0.2, 0) is 0 Å². The van der Waals surface area contributed by atoms with Crippen LogP contribution in [0.1, 0.15) is 0 Å². The Morgan fingerprint density at radius 2 is 2.08 bits per heavy atom. The molecule has 0 aliphatic rings. The van der Waals surface area contributed by atoms with E-state index in [0.29, 0.717) is 5.95 Å². The second-order valence-corrected chi connectivity index (χ2v) is 3.20. The molecule has 2 nitrogen and oxygen atoms in total. The zero-order chi connectivity index (χ0) is 8.55. The molecule has 0 radical (unpaired) electrons. The van der Waals surface area contributed by atoms with Gasteiger partial charge in [-0.2, -0.15) is 0 Å². The SMILES string of the molecule is COc1oc2ccccc2c1Br. The van der Waals surface area contributed by atoms with E-state index in [9.17, 15) is 0 Å². The number of halogens is 1. The Morgan fingerprint density at radius 1 is 1.33 bits per heavy atom. The Labute approximate surface area is 78.3 Å². The molecule has 0 N–H and O–H groups in total. The van der Waals surface area contributed by atoms with Gasteiger partial charge in [0.05, 0.1) is 7.11 Å². The molecule has 0 aliphatic heterocycles. The van der Waals surface area contributed by atoms with E-state index in [1.165, 1.54) is 0 Å². The van der Waals surface area contributed by atoms with Crippen LogP contribution in [0, 0.1) is 0 Å². The van der Waals surface area contributed by atoms with E-state index in [1.54, 1.807) is 7.11 Å². The van der Waals surface area contributed by atoms with Gasteiger partial charge >= 0.3 is 0 Å². The van der Waals surface area contributed by atoms with Crippen LogP contribution in [0.3, 0.4) is 0 Å². The second kappa shape index (κ2) is 2.83. The number of fused-ring (bicyclic) bond motifs is 1. The summed E-state index contributed by atoms with van der Waals surface area (Å²) in [5, 5.41) is 1.04. The molecular formula is C9H7BrO2. The van der Waals surface area contributed by atoms with Crippen LogP contribution in [0.4, 0.5) is 0 Å². The molecule has 1 heterocycles. The molecule has 1 aromatic carbocycles. The van der Waals surface area contributed by atoms with Gasteiger partial charge in [-0.05, 0) is 28.1 Å². The first kappa shape index (κ1) is 7.68. The van der Waals surface area contributed by atoms with Gasteiger partial charge in [0.25, 0.3) is 5.95 Å². The topological polar surface area (TPSA) is 22.4 Å². The molecule has 1 aromatic heterocycles. The Bertz CT molecular complexity index is 406. The molecule has 0 saturated heterocycles. The average Bonchev–Trinajstić information content (AvgIpc) is 2.44. The summed E-state index contributed by atoms with van der Waals surface area (Å²) in [5.41, 5.74) is 0.834. The molecule has 0 unspecified atom stereocenters. The molecule has 0 saturated carbocycles. The Morgan fingerprint density at radius 3 is 2.75 bits per heavy atom. The summed E-state index contributed by atoms with van der Waals surface area (Å²) in [4.78, 5) is 0. The highest BCUT2D eigenvalue weighted by molar-refractivity contribution is 9.10. The summed E-state index contributed by atoms with van der Waals surface area (Å²) in [5.74, 6) is 0.524. The van der Waals surface area contributed by atoms with Crippen molar-refractivity contribution in [2.75, 3.05) is 7.11 Å². The summed E-state index contributed by atoms with van der Waals surface area (Å²) in [6.45, 7) is 0. The van der Waals surface area contributed by atoms with Gasteiger partial charge < -0.3 is 9.15 Å². The van der Waals surface area contributed by atoms with E-state index >= 15 is 0 Å². The van der Waals surface area contributed by atoms with Crippen LogP contribution in [0.25, 0.3) is 11.0 Å². The molecule has 0 atom stereocenters. The Balaban J connectivity index is 2.78. The number of furan rings is 1. The van der Waals surface area contributed by atoms with Gasteiger partial charge in [0.2, 0.25) is 0 Å². The second-order valence-electron chi connectivity index (χ2n) is 2.40. The summed E-state index contributed by atoms with van der Waals surface area (Å²) in [7, 11) is 1.59. The highest BCUT2D eigenvalue weighted by Crippen LogP contribution is 2.35. The van der Waals surface area contributed by atoms with Crippen LogP contribution in [0.5, 0.6) is 5.95 Å². The van der Waals surface area contributed by atoms with Crippen molar-refractivity contribution in [3.63, 3.8) is 0 Å². The van der Waals surface area contributed by atoms with Crippen LogP contribution < -0.4 is 4.74 Å². The van der Waals surface area contributed by atoms with Crippen molar-refractivity contribution in [3.05, 3.63) is 28.7 Å². The van der Waals surface area contributed by atoms with E-state index in [0.717, 1.165) is 15.4 Å². The zero-order valence-electron chi connectivity index (χ0n) is 6.50. The van der Waals surface area contributed by atoms with E-state index in [4.69, 9.17) is 9.15 Å². The highest BCUT2D eigenvalue weighted by Gasteiger charge is 2.10. The standard InChI is InChI=1S/C9H7BrO2/c1-11-9-8(10)6-4-2-3-5-7(6)12-9/h2-5H,1H3. The highest BCUT2D eigenvalue weighted by atomic mass is 79.9. The maximum atomic E-state index is 5.38. The number of hydrogen-bond donors (Lipinski definition) is 0. The summed E-state index contributed by atoms with van der Waals surface area (Å²) in [6, 6.07) is 7.77. The first-order valence-electron chi connectivity index (χ1n) is 3.54. The third-order valence-corrected chi connectivity index (χ3v) is 2.44. The fraction of sp³-hybridized carbons (Fsp3) is 0.111.